The van der Waals surface area contributed by atoms with Gasteiger partial charge < -0.3 is 0 Å². The summed E-state index contributed by atoms with van der Waals surface area (Å²) in [4.78, 5) is 0. The molecule has 1 aliphatic carbocycles. The van der Waals surface area contributed by atoms with Crippen LogP contribution < -0.4 is 4.42 Å². The molecule has 0 bridgehead atoms. The molecule has 0 amide bonds. The molecule has 64 valence electrons. The van der Waals surface area contributed by atoms with Crippen LogP contribution in [0.15, 0.2) is 24.3 Å². The molecule has 0 atom stereocenters. The van der Waals surface area contributed by atoms with Crippen LogP contribution in [0.4, 0.5) is 5.69 Å². The van der Waals surface area contributed by atoms with E-state index in [1.165, 1.54) is 12.8 Å². The van der Waals surface area contributed by atoms with E-state index < -0.39 is 0 Å². The third-order valence-corrected chi connectivity index (χ3v) is 2.73. The SMILES string of the molecule is Clc1ccccc1N(Cl)C1CC1. The minimum atomic E-state index is 0.492. The van der Waals surface area contributed by atoms with Gasteiger partial charge in [0.25, 0.3) is 0 Å². The van der Waals surface area contributed by atoms with Crippen LogP contribution in [0, 0.1) is 0 Å². The van der Waals surface area contributed by atoms with Gasteiger partial charge in [0.2, 0.25) is 0 Å². The van der Waals surface area contributed by atoms with Crippen LogP contribution >= 0.6 is 23.4 Å². The molecule has 12 heavy (non-hydrogen) atoms. The smallest absolute Gasteiger partial charge is 0.0712 e. The van der Waals surface area contributed by atoms with Gasteiger partial charge >= 0.3 is 0 Å². The van der Waals surface area contributed by atoms with Gasteiger partial charge in [-0.25, -0.2) is 0 Å². The van der Waals surface area contributed by atoms with Gasteiger partial charge in [-0.2, -0.15) is 0 Å². The van der Waals surface area contributed by atoms with Gasteiger partial charge in [-0.05, 0) is 25.0 Å². The lowest BCUT2D eigenvalue weighted by Crippen LogP contribution is -2.12. The van der Waals surface area contributed by atoms with Gasteiger partial charge in [0, 0.05) is 17.8 Å². The average Bonchev–Trinajstić information content (AvgIpc) is 2.86. The van der Waals surface area contributed by atoms with Crippen molar-refractivity contribution in [2.75, 3.05) is 4.42 Å². The second kappa shape index (κ2) is 3.15. The van der Waals surface area contributed by atoms with Crippen molar-refractivity contribution in [2.24, 2.45) is 0 Å². The zero-order chi connectivity index (χ0) is 8.55. The Bertz CT molecular complexity index is 284. The van der Waals surface area contributed by atoms with Crippen LogP contribution in [0.2, 0.25) is 5.02 Å². The summed E-state index contributed by atoms with van der Waals surface area (Å²) in [6, 6.07) is 8.14. The Morgan fingerprint density at radius 3 is 2.50 bits per heavy atom. The quantitative estimate of drug-likeness (QED) is 0.663. The Kier molecular flexibility index (Phi) is 2.16. The minimum absolute atomic E-state index is 0.492. The molecule has 0 heterocycles. The number of rotatable bonds is 2. The van der Waals surface area contributed by atoms with Crippen molar-refractivity contribution < 1.29 is 0 Å². The van der Waals surface area contributed by atoms with Crippen molar-refractivity contribution in [3.05, 3.63) is 29.3 Å². The van der Waals surface area contributed by atoms with E-state index in [1.807, 2.05) is 24.3 Å². The standard InChI is InChI=1S/C9H9Cl2N/c10-8-3-1-2-4-9(8)12(11)7-5-6-7/h1-4,7H,5-6H2. The van der Waals surface area contributed by atoms with Crippen LogP contribution in [-0.4, -0.2) is 6.04 Å². The summed E-state index contributed by atoms with van der Waals surface area (Å²) in [6.07, 6.45) is 2.35. The molecule has 1 aromatic rings. The summed E-state index contributed by atoms with van der Waals surface area (Å²) in [5.74, 6) is 0. The first-order valence-corrected chi connectivity index (χ1v) is 4.70. The van der Waals surface area contributed by atoms with E-state index in [9.17, 15) is 0 Å². The first kappa shape index (κ1) is 8.21. The molecule has 1 saturated carbocycles. The third kappa shape index (κ3) is 1.52. The van der Waals surface area contributed by atoms with Crippen molar-refractivity contribution >= 4 is 29.1 Å². The lowest BCUT2D eigenvalue weighted by atomic mass is 10.3. The Morgan fingerprint density at radius 2 is 1.92 bits per heavy atom. The van der Waals surface area contributed by atoms with Crippen LogP contribution in [-0.2, 0) is 0 Å². The predicted molar refractivity (Wildman–Crippen MR) is 52.8 cm³/mol. The number of hydrogen-bond donors (Lipinski definition) is 0. The van der Waals surface area contributed by atoms with Crippen LogP contribution in [0.1, 0.15) is 12.8 Å². The largest absolute Gasteiger partial charge is 0.281 e. The third-order valence-electron chi connectivity index (χ3n) is 1.95. The molecule has 1 aliphatic rings. The molecule has 1 nitrogen and oxygen atoms in total. The first-order valence-electron chi connectivity index (χ1n) is 3.98. The summed E-state index contributed by atoms with van der Waals surface area (Å²) in [5, 5.41) is 0.722. The van der Waals surface area contributed by atoms with Gasteiger partial charge in [0.15, 0.2) is 0 Å². The Labute approximate surface area is 82.0 Å². The average molecular weight is 202 g/mol. The van der Waals surface area contributed by atoms with Crippen molar-refractivity contribution in [2.45, 2.75) is 18.9 Å². The van der Waals surface area contributed by atoms with Crippen molar-refractivity contribution in [3.63, 3.8) is 0 Å². The van der Waals surface area contributed by atoms with E-state index in [-0.39, 0.29) is 0 Å². The second-order valence-corrected chi connectivity index (χ2v) is 3.77. The highest BCUT2D eigenvalue weighted by atomic mass is 35.5. The number of halogens is 2. The van der Waals surface area contributed by atoms with E-state index in [0.29, 0.717) is 6.04 Å². The maximum absolute atomic E-state index is 6.06. The second-order valence-electron chi connectivity index (χ2n) is 2.99. The fourth-order valence-electron chi connectivity index (χ4n) is 1.12. The van der Waals surface area contributed by atoms with Crippen LogP contribution in [0.3, 0.4) is 0 Å². The van der Waals surface area contributed by atoms with E-state index in [1.54, 1.807) is 4.42 Å². The molecule has 0 saturated heterocycles. The number of anilines is 1. The lowest BCUT2D eigenvalue weighted by molar-refractivity contribution is 1.04. The molecule has 3 heteroatoms. The molecule has 2 rings (SSSR count). The van der Waals surface area contributed by atoms with Crippen LogP contribution in [0.25, 0.3) is 0 Å². The number of nitrogens with zero attached hydrogens (tertiary/aromatic N) is 1. The van der Waals surface area contributed by atoms with Crippen molar-refractivity contribution in [1.82, 2.24) is 0 Å². The Morgan fingerprint density at radius 1 is 1.25 bits per heavy atom. The van der Waals surface area contributed by atoms with Crippen molar-refractivity contribution in [3.8, 4) is 0 Å². The molecule has 0 aromatic heterocycles. The number of hydrogen-bond acceptors (Lipinski definition) is 1. The zero-order valence-electron chi connectivity index (χ0n) is 6.50. The van der Waals surface area contributed by atoms with E-state index >= 15 is 0 Å². The Balaban J connectivity index is 2.25. The summed E-state index contributed by atoms with van der Waals surface area (Å²) in [5.41, 5.74) is 0.920. The molecule has 1 aromatic carbocycles. The molecular weight excluding hydrogens is 193 g/mol. The summed E-state index contributed by atoms with van der Waals surface area (Å²) in [6.45, 7) is 0. The molecule has 0 aliphatic heterocycles. The molecule has 0 N–H and O–H groups in total. The molecule has 0 radical (unpaired) electrons. The molecular formula is C9H9Cl2N. The van der Waals surface area contributed by atoms with Gasteiger partial charge in [-0.1, -0.05) is 23.7 Å². The monoisotopic (exact) mass is 201 g/mol. The highest BCUT2D eigenvalue weighted by molar-refractivity contribution is 6.36. The fraction of sp³-hybridized carbons (Fsp3) is 0.333. The summed E-state index contributed by atoms with van der Waals surface area (Å²) >= 11 is 12.0. The van der Waals surface area contributed by atoms with Crippen LogP contribution in [0.5, 0.6) is 0 Å². The first-order chi connectivity index (χ1) is 5.79. The lowest BCUT2D eigenvalue weighted by Gasteiger charge is -2.15. The Hall–Kier alpha value is -0.400. The summed E-state index contributed by atoms with van der Waals surface area (Å²) < 4.78 is 1.74. The topological polar surface area (TPSA) is 3.24 Å². The zero-order valence-corrected chi connectivity index (χ0v) is 8.02. The number of benzene rings is 1. The van der Waals surface area contributed by atoms with E-state index in [2.05, 4.69) is 0 Å². The normalized spacial score (nSPS) is 16.2. The maximum atomic E-state index is 6.06. The van der Waals surface area contributed by atoms with Gasteiger partial charge in [0.1, 0.15) is 0 Å². The predicted octanol–water partition coefficient (Wildman–Crippen LogP) is 3.46. The number of para-hydroxylation sites is 1. The minimum Gasteiger partial charge on any atom is -0.281 e. The maximum Gasteiger partial charge on any atom is 0.0712 e. The van der Waals surface area contributed by atoms with Crippen molar-refractivity contribution in [1.29, 1.82) is 0 Å². The van der Waals surface area contributed by atoms with Gasteiger partial charge in [0.05, 0.1) is 10.7 Å². The van der Waals surface area contributed by atoms with Gasteiger partial charge in [-0.15, -0.1) is 0 Å². The fourth-order valence-corrected chi connectivity index (χ4v) is 1.74. The molecule has 0 spiro atoms. The molecule has 1 fully saturated rings. The highest BCUT2D eigenvalue weighted by Crippen LogP contribution is 2.36. The summed E-state index contributed by atoms with van der Waals surface area (Å²) in [7, 11) is 0. The van der Waals surface area contributed by atoms with Gasteiger partial charge in [-0.3, -0.25) is 4.42 Å². The molecule has 0 unspecified atom stereocenters. The highest BCUT2D eigenvalue weighted by Gasteiger charge is 2.29. The van der Waals surface area contributed by atoms with E-state index in [4.69, 9.17) is 23.4 Å². The van der Waals surface area contributed by atoms with E-state index in [0.717, 1.165) is 10.7 Å².